The van der Waals surface area contributed by atoms with Crippen LogP contribution < -0.4 is 10.5 Å². The third-order valence-corrected chi connectivity index (χ3v) is 4.32. The highest BCUT2D eigenvalue weighted by molar-refractivity contribution is 5.37. The minimum absolute atomic E-state index is 0.165. The molecular formula is C18H24N2O. The van der Waals surface area contributed by atoms with Gasteiger partial charge in [-0.2, -0.15) is 0 Å². The number of hydrogen-bond donors (Lipinski definition) is 1. The second-order valence-electron chi connectivity index (χ2n) is 5.91. The Hall–Kier alpha value is -1.74. The summed E-state index contributed by atoms with van der Waals surface area (Å²) in [7, 11) is 0. The van der Waals surface area contributed by atoms with Crippen molar-refractivity contribution in [3.05, 3.63) is 53.9 Å². The summed E-state index contributed by atoms with van der Waals surface area (Å²) in [5.74, 6) is 1.57. The zero-order chi connectivity index (χ0) is 14.7. The number of para-hydroxylation sites is 1. The predicted octanol–water partition coefficient (Wildman–Crippen LogP) is 3.85. The van der Waals surface area contributed by atoms with Crippen LogP contribution in [0.3, 0.4) is 0 Å². The molecule has 0 saturated carbocycles. The molecule has 1 aliphatic rings. The number of aromatic nitrogens is 1. The molecule has 0 spiro atoms. The molecule has 2 heterocycles. The van der Waals surface area contributed by atoms with E-state index in [-0.39, 0.29) is 6.04 Å². The number of ether oxygens (including phenoxy) is 1. The van der Waals surface area contributed by atoms with Crippen LogP contribution in [0.15, 0.2) is 42.7 Å². The predicted molar refractivity (Wildman–Crippen MR) is 85.6 cm³/mol. The van der Waals surface area contributed by atoms with E-state index in [0.717, 1.165) is 38.2 Å². The van der Waals surface area contributed by atoms with E-state index in [1.807, 2.05) is 6.07 Å². The Balaban J connectivity index is 1.73. The summed E-state index contributed by atoms with van der Waals surface area (Å²) < 4.78 is 8.01. The fourth-order valence-corrected chi connectivity index (χ4v) is 3.13. The Morgan fingerprint density at radius 2 is 2.19 bits per heavy atom. The summed E-state index contributed by atoms with van der Waals surface area (Å²) in [6.45, 7) is 3.99. The molecule has 1 aliphatic heterocycles. The van der Waals surface area contributed by atoms with Gasteiger partial charge in [-0.25, -0.2) is 0 Å². The molecule has 0 fully saturated rings. The number of rotatable bonds is 5. The minimum atomic E-state index is 0.165. The summed E-state index contributed by atoms with van der Waals surface area (Å²) in [4.78, 5) is 0. The second kappa shape index (κ2) is 6.35. The maximum Gasteiger partial charge on any atom is 0.122 e. The number of nitrogens with zero attached hydrogens (tertiary/aromatic N) is 1. The van der Waals surface area contributed by atoms with E-state index in [9.17, 15) is 0 Å². The SMILES string of the molecule is CCCC(N)c1ccn(CC2CCOc3ccccc32)c1. The highest BCUT2D eigenvalue weighted by Crippen LogP contribution is 2.34. The van der Waals surface area contributed by atoms with Gasteiger partial charge < -0.3 is 15.0 Å². The summed E-state index contributed by atoms with van der Waals surface area (Å²) in [5, 5.41) is 0. The number of fused-ring (bicyclic) bond motifs is 1. The summed E-state index contributed by atoms with van der Waals surface area (Å²) in [5.41, 5.74) is 8.77. The highest BCUT2D eigenvalue weighted by atomic mass is 16.5. The highest BCUT2D eigenvalue weighted by Gasteiger charge is 2.21. The lowest BCUT2D eigenvalue weighted by molar-refractivity contribution is 0.259. The molecule has 0 amide bonds. The zero-order valence-electron chi connectivity index (χ0n) is 12.7. The Morgan fingerprint density at radius 3 is 3.05 bits per heavy atom. The molecule has 0 saturated heterocycles. The molecule has 3 rings (SSSR count). The van der Waals surface area contributed by atoms with Gasteiger partial charge in [0.15, 0.2) is 0 Å². The number of nitrogens with two attached hydrogens (primary N) is 1. The van der Waals surface area contributed by atoms with Crippen LogP contribution in [0, 0.1) is 0 Å². The van der Waals surface area contributed by atoms with Crippen molar-refractivity contribution in [2.24, 2.45) is 5.73 Å². The molecule has 3 nitrogen and oxygen atoms in total. The molecule has 2 N–H and O–H groups in total. The first-order chi connectivity index (χ1) is 10.3. The Kier molecular flexibility index (Phi) is 4.30. The first-order valence-corrected chi connectivity index (χ1v) is 7.91. The molecule has 112 valence electrons. The van der Waals surface area contributed by atoms with Crippen molar-refractivity contribution in [2.75, 3.05) is 6.61 Å². The first-order valence-electron chi connectivity index (χ1n) is 7.91. The standard InChI is InChI=1S/C18H24N2O/c1-2-5-17(19)15-8-10-20(13-15)12-14-9-11-21-18-7-4-3-6-16(14)18/h3-4,6-8,10,13-14,17H,2,5,9,11-12,19H2,1H3. The van der Waals surface area contributed by atoms with Gasteiger partial charge in [0.05, 0.1) is 6.61 Å². The van der Waals surface area contributed by atoms with Crippen LogP contribution in [0.4, 0.5) is 0 Å². The average Bonchev–Trinajstić information content (AvgIpc) is 2.97. The molecule has 21 heavy (non-hydrogen) atoms. The largest absolute Gasteiger partial charge is 0.493 e. The third kappa shape index (κ3) is 3.13. The van der Waals surface area contributed by atoms with Crippen molar-refractivity contribution in [1.29, 1.82) is 0 Å². The smallest absolute Gasteiger partial charge is 0.122 e. The fraction of sp³-hybridized carbons (Fsp3) is 0.444. The van der Waals surface area contributed by atoms with Gasteiger partial charge >= 0.3 is 0 Å². The zero-order valence-corrected chi connectivity index (χ0v) is 12.7. The van der Waals surface area contributed by atoms with E-state index >= 15 is 0 Å². The summed E-state index contributed by atoms with van der Waals surface area (Å²) in [6, 6.07) is 10.7. The number of hydrogen-bond acceptors (Lipinski definition) is 2. The lowest BCUT2D eigenvalue weighted by Crippen LogP contribution is -2.18. The minimum Gasteiger partial charge on any atom is -0.493 e. The van der Waals surface area contributed by atoms with Crippen LogP contribution >= 0.6 is 0 Å². The van der Waals surface area contributed by atoms with Crippen molar-refractivity contribution in [2.45, 2.75) is 44.7 Å². The summed E-state index contributed by atoms with van der Waals surface area (Å²) in [6.07, 6.45) is 7.61. The molecule has 2 aromatic rings. The molecule has 0 aliphatic carbocycles. The van der Waals surface area contributed by atoms with Crippen LogP contribution in [-0.2, 0) is 6.54 Å². The van der Waals surface area contributed by atoms with Crippen LogP contribution in [-0.4, -0.2) is 11.2 Å². The molecule has 3 heteroatoms. The first kappa shape index (κ1) is 14.2. The lowest BCUT2D eigenvalue weighted by Gasteiger charge is -2.26. The molecule has 1 aromatic carbocycles. The second-order valence-corrected chi connectivity index (χ2v) is 5.91. The molecule has 2 unspecified atom stereocenters. The van der Waals surface area contributed by atoms with Gasteiger partial charge in [0, 0.05) is 30.9 Å². The van der Waals surface area contributed by atoms with Gasteiger partial charge in [0.25, 0.3) is 0 Å². The number of benzene rings is 1. The van der Waals surface area contributed by atoms with Crippen molar-refractivity contribution < 1.29 is 4.74 Å². The van der Waals surface area contributed by atoms with Gasteiger partial charge in [-0.05, 0) is 36.1 Å². The maximum absolute atomic E-state index is 6.20. The van der Waals surface area contributed by atoms with Crippen molar-refractivity contribution in [1.82, 2.24) is 4.57 Å². The molecule has 0 radical (unpaired) electrons. The van der Waals surface area contributed by atoms with Gasteiger partial charge in [-0.1, -0.05) is 31.5 Å². The molecular weight excluding hydrogens is 260 g/mol. The molecule has 1 aromatic heterocycles. The van der Waals surface area contributed by atoms with Crippen LogP contribution in [0.2, 0.25) is 0 Å². The third-order valence-electron chi connectivity index (χ3n) is 4.32. The molecule has 0 bridgehead atoms. The topological polar surface area (TPSA) is 40.2 Å². The van der Waals surface area contributed by atoms with Gasteiger partial charge in [0.1, 0.15) is 5.75 Å². The van der Waals surface area contributed by atoms with E-state index in [1.54, 1.807) is 0 Å². The van der Waals surface area contributed by atoms with Crippen LogP contribution in [0.5, 0.6) is 5.75 Å². The van der Waals surface area contributed by atoms with Crippen molar-refractivity contribution in [3.8, 4) is 5.75 Å². The quantitative estimate of drug-likeness (QED) is 0.905. The van der Waals surface area contributed by atoms with Crippen molar-refractivity contribution in [3.63, 3.8) is 0 Å². The van der Waals surface area contributed by atoms with Crippen molar-refractivity contribution >= 4 is 0 Å². The van der Waals surface area contributed by atoms with E-state index in [1.165, 1.54) is 11.1 Å². The van der Waals surface area contributed by atoms with E-state index in [2.05, 4.69) is 48.1 Å². The maximum atomic E-state index is 6.20. The van der Waals surface area contributed by atoms with E-state index in [4.69, 9.17) is 10.5 Å². The van der Waals surface area contributed by atoms with Crippen LogP contribution in [0.1, 0.15) is 49.3 Å². The van der Waals surface area contributed by atoms with Crippen LogP contribution in [0.25, 0.3) is 0 Å². The summed E-state index contributed by atoms with van der Waals surface area (Å²) >= 11 is 0. The fourth-order valence-electron chi connectivity index (χ4n) is 3.13. The lowest BCUT2D eigenvalue weighted by atomic mass is 9.93. The van der Waals surface area contributed by atoms with E-state index < -0.39 is 0 Å². The average molecular weight is 284 g/mol. The molecule has 2 atom stereocenters. The Bertz CT molecular complexity index is 590. The normalized spacial score (nSPS) is 18.9. The Labute approximate surface area is 126 Å². The Morgan fingerprint density at radius 1 is 1.33 bits per heavy atom. The van der Waals surface area contributed by atoms with Gasteiger partial charge in [-0.3, -0.25) is 0 Å². The van der Waals surface area contributed by atoms with Gasteiger partial charge in [0.2, 0.25) is 0 Å². The van der Waals surface area contributed by atoms with Gasteiger partial charge in [-0.15, -0.1) is 0 Å². The van der Waals surface area contributed by atoms with E-state index in [0.29, 0.717) is 5.92 Å². The monoisotopic (exact) mass is 284 g/mol.